The number of carbonyl (C=O) groups excluding carboxylic acids is 2. The first-order valence-electron chi connectivity index (χ1n) is 6.87. The van der Waals surface area contributed by atoms with Crippen molar-refractivity contribution in [1.29, 1.82) is 0 Å². The van der Waals surface area contributed by atoms with E-state index in [9.17, 15) is 18.0 Å². The molecule has 1 heterocycles. The van der Waals surface area contributed by atoms with Gasteiger partial charge < -0.3 is 14.4 Å². The number of piperidine rings is 1. The van der Waals surface area contributed by atoms with Gasteiger partial charge in [0.05, 0.1) is 19.5 Å². The Morgan fingerprint density at radius 3 is 2.27 bits per heavy atom. The number of ether oxygens (including phenoxy) is 2. The number of amides is 1. The summed E-state index contributed by atoms with van der Waals surface area (Å²) in [4.78, 5) is 25.3. The highest BCUT2D eigenvalue weighted by molar-refractivity contribution is 7.86. The lowest BCUT2D eigenvalue weighted by atomic mass is 9.95. The smallest absolute Gasteiger partial charge is 0.410 e. The Morgan fingerprint density at radius 2 is 1.82 bits per heavy atom. The van der Waals surface area contributed by atoms with E-state index in [4.69, 9.17) is 8.92 Å². The van der Waals surface area contributed by atoms with Crippen LogP contribution in [0.3, 0.4) is 0 Å². The third-order valence-corrected chi connectivity index (χ3v) is 3.60. The van der Waals surface area contributed by atoms with Crippen molar-refractivity contribution < 1.29 is 31.7 Å². The summed E-state index contributed by atoms with van der Waals surface area (Å²) < 4.78 is 37.4. The van der Waals surface area contributed by atoms with Crippen LogP contribution in [0.5, 0.6) is 0 Å². The van der Waals surface area contributed by atoms with Crippen LogP contribution in [0, 0.1) is 5.92 Å². The highest BCUT2D eigenvalue weighted by Gasteiger charge is 2.40. The van der Waals surface area contributed by atoms with Crippen LogP contribution in [0.2, 0.25) is 0 Å². The molecule has 2 unspecified atom stereocenters. The molecule has 0 aliphatic carbocycles. The van der Waals surface area contributed by atoms with Crippen LogP contribution in [0.15, 0.2) is 0 Å². The molecule has 1 amide bonds. The van der Waals surface area contributed by atoms with Crippen LogP contribution in [-0.4, -0.2) is 63.5 Å². The van der Waals surface area contributed by atoms with E-state index in [1.54, 1.807) is 20.8 Å². The Kier molecular flexibility index (Phi) is 5.80. The molecule has 1 aliphatic rings. The molecule has 1 aliphatic heterocycles. The quantitative estimate of drug-likeness (QED) is 0.554. The number of carbonyl (C=O) groups is 2. The van der Waals surface area contributed by atoms with Gasteiger partial charge in [-0.1, -0.05) is 0 Å². The average Bonchev–Trinajstić information content (AvgIpc) is 2.34. The number of esters is 1. The van der Waals surface area contributed by atoms with Crippen LogP contribution < -0.4 is 0 Å². The van der Waals surface area contributed by atoms with Gasteiger partial charge in [0.25, 0.3) is 10.1 Å². The van der Waals surface area contributed by atoms with Crippen molar-refractivity contribution >= 4 is 22.2 Å². The largest absolute Gasteiger partial charge is 0.469 e. The second-order valence-electron chi connectivity index (χ2n) is 6.18. The van der Waals surface area contributed by atoms with Gasteiger partial charge >= 0.3 is 12.1 Å². The molecule has 128 valence electrons. The molecule has 0 spiro atoms. The van der Waals surface area contributed by atoms with E-state index >= 15 is 0 Å². The number of hydrogen-bond acceptors (Lipinski definition) is 7. The summed E-state index contributed by atoms with van der Waals surface area (Å²) in [7, 11) is -2.51. The van der Waals surface area contributed by atoms with E-state index in [1.807, 2.05) is 0 Å². The van der Waals surface area contributed by atoms with Crippen molar-refractivity contribution in [3.63, 3.8) is 0 Å². The van der Waals surface area contributed by atoms with Crippen LogP contribution >= 0.6 is 0 Å². The summed E-state index contributed by atoms with van der Waals surface area (Å²) in [5.74, 6) is -1.50. The molecule has 1 rings (SSSR count). The number of methoxy groups -OCH3 is 1. The lowest BCUT2D eigenvalue weighted by Crippen LogP contribution is -2.51. The molecule has 0 aromatic heterocycles. The number of rotatable bonds is 3. The third-order valence-electron chi connectivity index (χ3n) is 3.00. The monoisotopic (exact) mass is 337 g/mol. The first-order valence-corrected chi connectivity index (χ1v) is 8.68. The van der Waals surface area contributed by atoms with Crippen LogP contribution in [-0.2, 0) is 28.6 Å². The van der Waals surface area contributed by atoms with E-state index in [2.05, 4.69) is 4.74 Å². The Labute approximate surface area is 130 Å². The maximum Gasteiger partial charge on any atom is 0.410 e. The van der Waals surface area contributed by atoms with Crippen molar-refractivity contribution in [3.05, 3.63) is 0 Å². The fraction of sp³-hybridized carbons (Fsp3) is 0.846. The molecular weight excluding hydrogens is 314 g/mol. The Hall–Kier alpha value is -1.35. The zero-order valence-corrected chi connectivity index (χ0v) is 14.3. The van der Waals surface area contributed by atoms with Gasteiger partial charge in [-0.15, -0.1) is 0 Å². The van der Waals surface area contributed by atoms with Gasteiger partial charge in [0, 0.05) is 13.1 Å². The molecule has 1 fully saturated rings. The number of likely N-dealkylation sites (tertiary alicyclic amines) is 1. The molecule has 0 aromatic carbocycles. The zero-order chi connectivity index (χ0) is 17.1. The summed E-state index contributed by atoms with van der Waals surface area (Å²) >= 11 is 0. The second-order valence-corrected chi connectivity index (χ2v) is 7.78. The molecule has 1 saturated heterocycles. The van der Waals surface area contributed by atoms with Gasteiger partial charge in [-0.2, -0.15) is 8.42 Å². The summed E-state index contributed by atoms with van der Waals surface area (Å²) in [6, 6.07) is 0. The van der Waals surface area contributed by atoms with Gasteiger partial charge in [-0.3, -0.25) is 8.98 Å². The maximum atomic E-state index is 12.1. The molecule has 0 radical (unpaired) electrons. The van der Waals surface area contributed by atoms with Gasteiger partial charge in [-0.25, -0.2) is 4.79 Å². The van der Waals surface area contributed by atoms with Gasteiger partial charge in [0.2, 0.25) is 0 Å². The second kappa shape index (κ2) is 6.82. The molecule has 8 nitrogen and oxygen atoms in total. The molecule has 22 heavy (non-hydrogen) atoms. The average molecular weight is 337 g/mol. The first kappa shape index (κ1) is 18.7. The SMILES string of the molecule is COC(=O)C1CN(C(=O)OC(C)(C)C)CCC1OS(C)(=O)=O. The fourth-order valence-corrected chi connectivity index (χ4v) is 2.82. The van der Waals surface area contributed by atoms with Crippen molar-refractivity contribution in [3.8, 4) is 0 Å². The van der Waals surface area contributed by atoms with Crippen LogP contribution in [0.25, 0.3) is 0 Å². The minimum atomic E-state index is -3.71. The number of hydrogen-bond donors (Lipinski definition) is 0. The van der Waals surface area contributed by atoms with Crippen LogP contribution in [0.1, 0.15) is 27.2 Å². The molecule has 0 bridgehead atoms. The van der Waals surface area contributed by atoms with Crippen molar-refractivity contribution in [2.75, 3.05) is 26.5 Å². The molecule has 0 N–H and O–H groups in total. The molecule has 2 atom stereocenters. The highest BCUT2D eigenvalue weighted by atomic mass is 32.2. The minimum Gasteiger partial charge on any atom is -0.469 e. The molecule has 9 heteroatoms. The van der Waals surface area contributed by atoms with Crippen LogP contribution in [0.4, 0.5) is 4.79 Å². The predicted octanol–water partition coefficient (Wildman–Crippen LogP) is 0.761. The van der Waals surface area contributed by atoms with E-state index in [-0.39, 0.29) is 19.5 Å². The third kappa shape index (κ3) is 5.80. The fourth-order valence-electron chi connectivity index (χ4n) is 2.14. The number of nitrogens with zero attached hydrogens (tertiary/aromatic N) is 1. The summed E-state index contributed by atoms with van der Waals surface area (Å²) in [6.45, 7) is 5.44. The lowest BCUT2D eigenvalue weighted by molar-refractivity contribution is -0.151. The summed E-state index contributed by atoms with van der Waals surface area (Å²) in [6.07, 6.45) is -0.284. The van der Waals surface area contributed by atoms with Gasteiger partial charge in [-0.05, 0) is 27.2 Å². The Balaban J connectivity index is 2.83. The molecular formula is C13H23NO7S. The molecule has 0 saturated carbocycles. The van der Waals surface area contributed by atoms with E-state index < -0.39 is 39.8 Å². The van der Waals surface area contributed by atoms with Crippen molar-refractivity contribution in [2.24, 2.45) is 5.92 Å². The topological polar surface area (TPSA) is 99.2 Å². The maximum absolute atomic E-state index is 12.1. The standard InChI is InChI=1S/C13H23NO7S/c1-13(2,3)20-12(16)14-7-6-10(21-22(5,17)18)9(8-14)11(15)19-4/h9-10H,6-8H2,1-5H3. The van der Waals surface area contributed by atoms with Crippen molar-refractivity contribution in [2.45, 2.75) is 38.9 Å². The summed E-state index contributed by atoms with van der Waals surface area (Å²) in [5.41, 5.74) is -0.655. The Bertz CT molecular complexity index is 523. The molecule has 0 aromatic rings. The summed E-state index contributed by atoms with van der Waals surface area (Å²) in [5, 5.41) is 0. The van der Waals surface area contributed by atoms with Gasteiger partial charge in [0.15, 0.2) is 0 Å². The minimum absolute atomic E-state index is 0.0121. The van der Waals surface area contributed by atoms with E-state index in [0.717, 1.165) is 6.26 Å². The zero-order valence-electron chi connectivity index (χ0n) is 13.5. The van der Waals surface area contributed by atoms with Crippen molar-refractivity contribution in [1.82, 2.24) is 4.90 Å². The first-order chi connectivity index (χ1) is 9.93. The highest BCUT2D eigenvalue weighted by Crippen LogP contribution is 2.24. The predicted molar refractivity (Wildman–Crippen MR) is 77.6 cm³/mol. The lowest BCUT2D eigenvalue weighted by Gasteiger charge is -2.36. The normalized spacial score (nSPS) is 23.0. The van der Waals surface area contributed by atoms with E-state index in [0.29, 0.717) is 0 Å². The van der Waals surface area contributed by atoms with E-state index in [1.165, 1.54) is 12.0 Å². The van der Waals surface area contributed by atoms with Gasteiger partial charge in [0.1, 0.15) is 11.5 Å². The Morgan fingerprint density at radius 1 is 1.23 bits per heavy atom.